The zero-order valence-electron chi connectivity index (χ0n) is 17.9. The van der Waals surface area contributed by atoms with Crippen molar-refractivity contribution < 1.29 is 19.1 Å². The third-order valence-corrected chi connectivity index (χ3v) is 6.34. The Morgan fingerprint density at radius 3 is 2.50 bits per heavy atom. The number of halogens is 1. The zero-order valence-corrected chi connectivity index (χ0v) is 18.6. The molecule has 1 aromatic carbocycles. The minimum atomic E-state index is -0.165. The topological polar surface area (TPSA) is 71.1 Å². The number of benzene rings is 1. The molecule has 2 saturated heterocycles. The first-order chi connectivity index (χ1) is 14.5. The van der Waals surface area contributed by atoms with E-state index in [1.807, 2.05) is 4.90 Å². The SMILES string of the molecule is COc1cc(Cl)ccc1C(=O)NCCN(C1CCOCC1)C1CCN(C(C)=O)CC1. The molecule has 0 radical (unpaired) electrons. The number of piperidine rings is 1. The van der Waals surface area contributed by atoms with E-state index >= 15 is 0 Å². The van der Waals surface area contributed by atoms with Crippen LogP contribution < -0.4 is 10.1 Å². The molecule has 3 rings (SSSR count). The predicted octanol–water partition coefficient (Wildman–Crippen LogP) is 2.57. The van der Waals surface area contributed by atoms with Crippen molar-refractivity contribution in [1.82, 2.24) is 15.1 Å². The summed E-state index contributed by atoms with van der Waals surface area (Å²) in [7, 11) is 1.53. The molecule has 166 valence electrons. The highest BCUT2D eigenvalue weighted by Gasteiger charge is 2.31. The lowest BCUT2D eigenvalue weighted by Crippen LogP contribution is -2.53. The van der Waals surface area contributed by atoms with Crippen LogP contribution in [0.5, 0.6) is 5.75 Å². The molecule has 30 heavy (non-hydrogen) atoms. The summed E-state index contributed by atoms with van der Waals surface area (Å²) < 4.78 is 10.8. The lowest BCUT2D eigenvalue weighted by Gasteiger charge is -2.43. The van der Waals surface area contributed by atoms with E-state index in [-0.39, 0.29) is 11.8 Å². The molecule has 0 saturated carbocycles. The number of rotatable bonds is 7. The highest BCUT2D eigenvalue weighted by Crippen LogP contribution is 2.25. The molecule has 2 heterocycles. The minimum Gasteiger partial charge on any atom is -0.496 e. The van der Waals surface area contributed by atoms with Crippen LogP contribution in [0.4, 0.5) is 0 Å². The number of nitrogens with zero attached hydrogens (tertiary/aromatic N) is 2. The van der Waals surface area contributed by atoms with Crippen LogP contribution in [-0.4, -0.2) is 80.2 Å². The van der Waals surface area contributed by atoms with E-state index in [4.69, 9.17) is 21.1 Å². The molecule has 7 nitrogen and oxygen atoms in total. The maximum absolute atomic E-state index is 12.7. The Morgan fingerprint density at radius 2 is 1.87 bits per heavy atom. The van der Waals surface area contributed by atoms with E-state index < -0.39 is 0 Å². The summed E-state index contributed by atoms with van der Waals surface area (Å²) in [6.07, 6.45) is 3.95. The molecule has 1 aromatic rings. The normalized spacial score (nSPS) is 18.5. The highest BCUT2D eigenvalue weighted by atomic mass is 35.5. The number of ether oxygens (including phenoxy) is 2. The van der Waals surface area contributed by atoms with Gasteiger partial charge in [0.25, 0.3) is 5.91 Å². The molecule has 0 aromatic heterocycles. The van der Waals surface area contributed by atoms with Crippen molar-refractivity contribution in [2.24, 2.45) is 0 Å². The molecule has 2 aliphatic rings. The van der Waals surface area contributed by atoms with Crippen LogP contribution in [0.3, 0.4) is 0 Å². The van der Waals surface area contributed by atoms with Crippen molar-refractivity contribution in [3.05, 3.63) is 28.8 Å². The summed E-state index contributed by atoms with van der Waals surface area (Å²) >= 11 is 5.99. The van der Waals surface area contributed by atoms with Gasteiger partial charge in [0.2, 0.25) is 5.91 Å². The number of hydrogen-bond acceptors (Lipinski definition) is 5. The second-order valence-electron chi connectivity index (χ2n) is 7.92. The van der Waals surface area contributed by atoms with Gasteiger partial charge in [0, 0.05) is 63.4 Å². The van der Waals surface area contributed by atoms with Gasteiger partial charge >= 0.3 is 0 Å². The average molecular weight is 438 g/mol. The quantitative estimate of drug-likeness (QED) is 0.709. The van der Waals surface area contributed by atoms with Crippen LogP contribution in [0.1, 0.15) is 43.0 Å². The molecule has 2 aliphatic heterocycles. The second-order valence-corrected chi connectivity index (χ2v) is 8.36. The van der Waals surface area contributed by atoms with Gasteiger partial charge in [0.15, 0.2) is 0 Å². The lowest BCUT2D eigenvalue weighted by molar-refractivity contribution is -0.130. The summed E-state index contributed by atoms with van der Waals surface area (Å²) in [6, 6.07) is 5.90. The Balaban J connectivity index is 1.59. The van der Waals surface area contributed by atoms with Crippen molar-refractivity contribution in [1.29, 1.82) is 0 Å². The molecule has 0 aliphatic carbocycles. The fourth-order valence-corrected chi connectivity index (χ4v) is 4.60. The van der Waals surface area contributed by atoms with Crippen molar-refractivity contribution >= 4 is 23.4 Å². The zero-order chi connectivity index (χ0) is 21.5. The van der Waals surface area contributed by atoms with Gasteiger partial charge in [0.05, 0.1) is 12.7 Å². The maximum Gasteiger partial charge on any atom is 0.255 e. The van der Waals surface area contributed by atoms with E-state index in [2.05, 4.69) is 10.2 Å². The van der Waals surface area contributed by atoms with E-state index in [1.54, 1.807) is 25.1 Å². The summed E-state index contributed by atoms with van der Waals surface area (Å²) in [6.45, 7) is 6.12. The lowest BCUT2D eigenvalue weighted by atomic mass is 9.98. The summed E-state index contributed by atoms with van der Waals surface area (Å²) in [4.78, 5) is 28.8. The van der Waals surface area contributed by atoms with E-state index in [0.717, 1.165) is 58.5 Å². The molecule has 1 N–H and O–H groups in total. The van der Waals surface area contributed by atoms with Crippen molar-refractivity contribution in [2.45, 2.75) is 44.7 Å². The number of amides is 2. The first-order valence-electron chi connectivity index (χ1n) is 10.7. The molecule has 2 fully saturated rings. The van der Waals surface area contributed by atoms with Gasteiger partial charge in [-0.1, -0.05) is 11.6 Å². The fourth-order valence-electron chi connectivity index (χ4n) is 4.44. The van der Waals surface area contributed by atoms with Crippen molar-refractivity contribution in [2.75, 3.05) is 46.5 Å². The van der Waals surface area contributed by atoms with Gasteiger partial charge in [-0.15, -0.1) is 0 Å². The van der Waals surface area contributed by atoms with Gasteiger partial charge in [-0.25, -0.2) is 0 Å². The Labute approximate surface area is 183 Å². The monoisotopic (exact) mass is 437 g/mol. The second kappa shape index (κ2) is 11.0. The molecular formula is C22H32ClN3O4. The van der Waals surface area contributed by atoms with Gasteiger partial charge in [-0.3, -0.25) is 14.5 Å². The van der Waals surface area contributed by atoms with Crippen LogP contribution in [0.15, 0.2) is 18.2 Å². The molecular weight excluding hydrogens is 406 g/mol. The van der Waals surface area contributed by atoms with Crippen LogP contribution in [0, 0.1) is 0 Å². The molecule has 0 bridgehead atoms. The third kappa shape index (κ3) is 5.86. The highest BCUT2D eigenvalue weighted by molar-refractivity contribution is 6.30. The van der Waals surface area contributed by atoms with Gasteiger partial charge in [-0.05, 0) is 43.9 Å². The minimum absolute atomic E-state index is 0.148. The third-order valence-electron chi connectivity index (χ3n) is 6.10. The molecule has 8 heteroatoms. The van der Waals surface area contributed by atoms with Gasteiger partial charge < -0.3 is 19.7 Å². The number of hydrogen-bond donors (Lipinski definition) is 1. The number of nitrogens with one attached hydrogen (secondary N) is 1. The summed E-state index contributed by atoms with van der Waals surface area (Å²) in [5.74, 6) is 0.454. The Kier molecular flexibility index (Phi) is 8.36. The Bertz CT molecular complexity index is 731. The van der Waals surface area contributed by atoms with Crippen LogP contribution in [0.25, 0.3) is 0 Å². The van der Waals surface area contributed by atoms with E-state index in [0.29, 0.717) is 35.0 Å². The predicted molar refractivity (Wildman–Crippen MR) is 116 cm³/mol. The van der Waals surface area contributed by atoms with Crippen LogP contribution in [0.2, 0.25) is 5.02 Å². The standard InChI is InChI=1S/C22H32ClN3O4/c1-16(27)25-10-5-18(6-11-25)26(19-7-13-30-14-8-19)12-9-24-22(28)20-4-3-17(23)15-21(20)29-2/h3-4,15,18-19H,5-14H2,1-2H3,(H,24,28). The average Bonchev–Trinajstić information content (AvgIpc) is 2.77. The number of carbonyl (C=O) groups is 2. The first-order valence-corrected chi connectivity index (χ1v) is 11.1. The summed E-state index contributed by atoms with van der Waals surface area (Å²) in [5.41, 5.74) is 0.481. The maximum atomic E-state index is 12.7. The van der Waals surface area contributed by atoms with Crippen LogP contribution >= 0.6 is 11.6 Å². The molecule has 2 amide bonds. The number of carbonyl (C=O) groups excluding carboxylic acids is 2. The van der Waals surface area contributed by atoms with E-state index in [1.165, 1.54) is 7.11 Å². The van der Waals surface area contributed by atoms with Gasteiger partial charge in [0.1, 0.15) is 5.75 Å². The summed E-state index contributed by atoms with van der Waals surface area (Å²) in [5, 5.41) is 3.56. The fraction of sp³-hybridized carbons (Fsp3) is 0.636. The Hall–Kier alpha value is -1.83. The number of methoxy groups -OCH3 is 1. The Morgan fingerprint density at radius 1 is 1.20 bits per heavy atom. The van der Waals surface area contributed by atoms with Crippen molar-refractivity contribution in [3.8, 4) is 5.75 Å². The van der Waals surface area contributed by atoms with Crippen molar-refractivity contribution in [3.63, 3.8) is 0 Å². The molecule has 0 atom stereocenters. The van der Waals surface area contributed by atoms with Gasteiger partial charge in [-0.2, -0.15) is 0 Å². The first kappa shape index (κ1) is 22.8. The van der Waals surface area contributed by atoms with E-state index in [9.17, 15) is 9.59 Å². The molecule has 0 unspecified atom stereocenters. The molecule has 0 spiro atoms. The number of likely N-dealkylation sites (tertiary alicyclic amines) is 1. The largest absolute Gasteiger partial charge is 0.496 e. The van der Waals surface area contributed by atoms with Crippen LogP contribution in [-0.2, 0) is 9.53 Å². The smallest absolute Gasteiger partial charge is 0.255 e.